The van der Waals surface area contributed by atoms with Crippen molar-refractivity contribution in [1.82, 2.24) is 4.90 Å². The van der Waals surface area contributed by atoms with Crippen molar-refractivity contribution in [1.29, 1.82) is 0 Å². The van der Waals surface area contributed by atoms with Crippen LogP contribution in [0, 0.1) is 18.3 Å². The summed E-state index contributed by atoms with van der Waals surface area (Å²) < 4.78 is 0. The van der Waals surface area contributed by atoms with E-state index >= 15 is 0 Å². The molecule has 0 radical (unpaired) electrons. The molecule has 1 aliphatic carbocycles. The fourth-order valence-electron chi connectivity index (χ4n) is 3.40. The summed E-state index contributed by atoms with van der Waals surface area (Å²) in [6.07, 6.45) is 13.8. The minimum atomic E-state index is -0.0860. The van der Waals surface area contributed by atoms with Crippen LogP contribution in [0.1, 0.15) is 44.9 Å². The van der Waals surface area contributed by atoms with E-state index in [-0.39, 0.29) is 6.10 Å². The van der Waals surface area contributed by atoms with Crippen LogP contribution in [-0.2, 0) is 0 Å². The Labute approximate surface area is 99.0 Å². The van der Waals surface area contributed by atoms with Crippen molar-refractivity contribution in [2.75, 3.05) is 13.1 Å². The molecule has 3 unspecified atom stereocenters. The van der Waals surface area contributed by atoms with E-state index in [1.165, 1.54) is 38.5 Å². The fraction of sp³-hybridized carbons (Fsp3) is 0.857. The molecular weight excluding hydrogens is 198 g/mol. The van der Waals surface area contributed by atoms with Crippen LogP contribution in [0.4, 0.5) is 0 Å². The van der Waals surface area contributed by atoms with Crippen molar-refractivity contribution >= 4 is 0 Å². The van der Waals surface area contributed by atoms with Crippen LogP contribution in [0.2, 0.25) is 0 Å². The standard InChI is InChI=1S/C14H23NO/c1-2-10-15-11-6-5-8-13(15)12-7-3-4-9-14(12)16/h1,12-14,16H,3-11H2. The quantitative estimate of drug-likeness (QED) is 0.721. The van der Waals surface area contributed by atoms with Crippen molar-refractivity contribution in [2.24, 2.45) is 5.92 Å². The van der Waals surface area contributed by atoms with Gasteiger partial charge in [0, 0.05) is 12.0 Å². The van der Waals surface area contributed by atoms with Crippen LogP contribution in [-0.4, -0.2) is 35.2 Å². The van der Waals surface area contributed by atoms with E-state index in [0.29, 0.717) is 12.0 Å². The van der Waals surface area contributed by atoms with Gasteiger partial charge in [-0.1, -0.05) is 25.2 Å². The summed E-state index contributed by atoms with van der Waals surface area (Å²) in [6.45, 7) is 1.88. The Balaban J connectivity index is 2.01. The first-order chi connectivity index (χ1) is 7.83. The molecule has 2 heteroatoms. The van der Waals surface area contributed by atoms with Gasteiger partial charge in [0.1, 0.15) is 0 Å². The van der Waals surface area contributed by atoms with Crippen molar-refractivity contribution in [3.63, 3.8) is 0 Å². The highest BCUT2D eigenvalue weighted by Gasteiger charge is 2.34. The number of piperidine rings is 1. The molecule has 3 atom stereocenters. The molecule has 2 nitrogen and oxygen atoms in total. The second-order valence-corrected chi connectivity index (χ2v) is 5.25. The number of hydrogen-bond acceptors (Lipinski definition) is 2. The summed E-state index contributed by atoms with van der Waals surface area (Å²) in [7, 11) is 0. The molecule has 0 amide bonds. The van der Waals surface area contributed by atoms with E-state index in [9.17, 15) is 5.11 Å². The molecule has 1 saturated heterocycles. The summed E-state index contributed by atoms with van der Waals surface area (Å²) in [6, 6.07) is 0.542. The third-order valence-corrected chi connectivity index (χ3v) is 4.23. The van der Waals surface area contributed by atoms with Crippen LogP contribution in [0.3, 0.4) is 0 Å². The summed E-state index contributed by atoms with van der Waals surface area (Å²) in [5.74, 6) is 3.24. The average molecular weight is 221 g/mol. The zero-order valence-corrected chi connectivity index (χ0v) is 10.1. The first-order valence-corrected chi connectivity index (χ1v) is 6.68. The lowest BCUT2D eigenvalue weighted by molar-refractivity contribution is -0.000700. The van der Waals surface area contributed by atoms with Crippen LogP contribution >= 0.6 is 0 Å². The molecule has 2 fully saturated rings. The van der Waals surface area contributed by atoms with E-state index in [1.807, 2.05) is 0 Å². The van der Waals surface area contributed by atoms with Gasteiger partial charge in [-0.25, -0.2) is 0 Å². The Bertz CT molecular complexity index is 258. The molecule has 1 saturated carbocycles. The number of hydrogen-bond donors (Lipinski definition) is 1. The average Bonchev–Trinajstić information content (AvgIpc) is 2.31. The Morgan fingerprint density at radius 2 is 1.88 bits per heavy atom. The van der Waals surface area contributed by atoms with Gasteiger partial charge in [0.2, 0.25) is 0 Å². The monoisotopic (exact) mass is 221 g/mol. The maximum absolute atomic E-state index is 10.1. The second-order valence-electron chi connectivity index (χ2n) is 5.25. The summed E-state index contributed by atoms with van der Waals surface area (Å²) in [5.41, 5.74) is 0. The van der Waals surface area contributed by atoms with Gasteiger partial charge in [0.25, 0.3) is 0 Å². The zero-order chi connectivity index (χ0) is 11.4. The van der Waals surface area contributed by atoms with Crippen LogP contribution in [0.25, 0.3) is 0 Å². The van der Waals surface area contributed by atoms with Gasteiger partial charge < -0.3 is 5.11 Å². The highest BCUT2D eigenvalue weighted by molar-refractivity contribution is 4.95. The van der Waals surface area contributed by atoms with Crippen molar-refractivity contribution in [3.05, 3.63) is 0 Å². The first-order valence-electron chi connectivity index (χ1n) is 6.68. The first kappa shape index (κ1) is 12.0. The largest absolute Gasteiger partial charge is 0.393 e. The summed E-state index contributed by atoms with van der Waals surface area (Å²) in [5, 5.41) is 10.1. The molecule has 90 valence electrons. The predicted molar refractivity (Wildman–Crippen MR) is 66.0 cm³/mol. The van der Waals surface area contributed by atoms with Gasteiger partial charge in [-0.05, 0) is 32.2 Å². The maximum Gasteiger partial charge on any atom is 0.0601 e. The molecule has 0 aromatic heterocycles. The third-order valence-electron chi connectivity index (χ3n) is 4.23. The highest BCUT2D eigenvalue weighted by atomic mass is 16.3. The SMILES string of the molecule is C#CCN1CCCCC1C1CCCCC1O. The molecule has 0 spiro atoms. The normalized spacial score (nSPS) is 36.9. The highest BCUT2D eigenvalue weighted by Crippen LogP contribution is 2.33. The zero-order valence-electron chi connectivity index (χ0n) is 10.1. The van der Waals surface area contributed by atoms with Crippen LogP contribution in [0.5, 0.6) is 0 Å². The molecule has 1 aliphatic heterocycles. The van der Waals surface area contributed by atoms with Gasteiger partial charge >= 0.3 is 0 Å². The molecule has 2 aliphatic rings. The van der Waals surface area contributed by atoms with Gasteiger partial charge in [0.05, 0.1) is 12.6 Å². The van der Waals surface area contributed by atoms with Crippen molar-refractivity contribution in [2.45, 2.75) is 57.1 Å². The van der Waals surface area contributed by atoms with E-state index < -0.39 is 0 Å². The molecule has 16 heavy (non-hydrogen) atoms. The third kappa shape index (κ3) is 2.59. The molecule has 2 rings (SSSR count). The van der Waals surface area contributed by atoms with E-state index in [2.05, 4.69) is 10.8 Å². The van der Waals surface area contributed by atoms with Crippen molar-refractivity contribution in [3.8, 4) is 12.3 Å². The number of likely N-dealkylation sites (tertiary alicyclic amines) is 1. The number of aliphatic hydroxyl groups excluding tert-OH is 1. The lowest BCUT2D eigenvalue weighted by Crippen LogP contribution is -2.48. The number of aliphatic hydroxyl groups is 1. The Hall–Kier alpha value is -0.520. The van der Waals surface area contributed by atoms with Gasteiger partial charge in [-0.2, -0.15) is 0 Å². The molecule has 1 N–H and O–H groups in total. The smallest absolute Gasteiger partial charge is 0.0601 e. The van der Waals surface area contributed by atoms with E-state index in [1.54, 1.807) is 0 Å². The molecule has 0 aromatic carbocycles. The minimum absolute atomic E-state index is 0.0860. The topological polar surface area (TPSA) is 23.5 Å². The Morgan fingerprint density at radius 1 is 1.12 bits per heavy atom. The summed E-state index contributed by atoms with van der Waals surface area (Å²) in [4.78, 5) is 2.42. The second kappa shape index (κ2) is 5.70. The molecule has 0 aromatic rings. The summed E-state index contributed by atoms with van der Waals surface area (Å²) >= 11 is 0. The van der Waals surface area contributed by atoms with Gasteiger partial charge in [-0.15, -0.1) is 6.42 Å². The maximum atomic E-state index is 10.1. The Morgan fingerprint density at radius 3 is 2.62 bits per heavy atom. The molecule has 0 bridgehead atoms. The fourth-order valence-corrected chi connectivity index (χ4v) is 3.40. The Kier molecular flexibility index (Phi) is 4.26. The number of nitrogens with zero attached hydrogens (tertiary/aromatic N) is 1. The molecular formula is C14H23NO. The van der Waals surface area contributed by atoms with E-state index in [0.717, 1.165) is 19.5 Å². The lowest BCUT2D eigenvalue weighted by atomic mass is 9.78. The predicted octanol–water partition coefficient (Wildman–Crippen LogP) is 2.03. The minimum Gasteiger partial charge on any atom is -0.393 e. The molecule has 1 heterocycles. The van der Waals surface area contributed by atoms with E-state index in [4.69, 9.17) is 6.42 Å². The van der Waals surface area contributed by atoms with Crippen LogP contribution in [0.15, 0.2) is 0 Å². The number of terminal acetylenes is 1. The van der Waals surface area contributed by atoms with Crippen LogP contribution < -0.4 is 0 Å². The number of rotatable bonds is 2. The van der Waals surface area contributed by atoms with Gasteiger partial charge in [-0.3, -0.25) is 4.90 Å². The van der Waals surface area contributed by atoms with Gasteiger partial charge in [0.15, 0.2) is 0 Å². The lowest BCUT2D eigenvalue weighted by Gasteiger charge is -2.43. The van der Waals surface area contributed by atoms with Crippen molar-refractivity contribution < 1.29 is 5.11 Å².